The van der Waals surface area contributed by atoms with Crippen LogP contribution in [0.1, 0.15) is 0 Å². The second-order valence-corrected chi connectivity index (χ2v) is 1.57. The summed E-state index contributed by atoms with van der Waals surface area (Å²) in [4.78, 5) is 18.4. The number of nitrogens with one attached hydrogen (secondary N) is 2. The number of H-pyrrole nitrogens is 1. The van der Waals surface area contributed by atoms with Gasteiger partial charge in [0.05, 0.1) is 0 Å². The molecule has 9 heavy (non-hydrogen) atoms. The molecule has 0 amide bonds. The number of nitrogens with zero attached hydrogens (tertiary/aromatic N) is 1. The fourth-order valence-corrected chi connectivity index (χ4v) is 0.534. The van der Waals surface area contributed by atoms with Crippen LogP contribution in [0, 0.1) is 0 Å². The largest absolute Gasteiger partial charge is 0.346 e. The summed E-state index contributed by atoms with van der Waals surface area (Å²) in [7, 11) is 0. The van der Waals surface area contributed by atoms with Gasteiger partial charge in [0.2, 0.25) is 0 Å². The highest BCUT2D eigenvalue weighted by atomic mass is 35.5. The van der Waals surface area contributed by atoms with Crippen LogP contribution in [0.3, 0.4) is 0 Å². The predicted molar refractivity (Wildman–Crippen MR) is 34.3 cm³/mol. The van der Waals surface area contributed by atoms with Gasteiger partial charge in [0.1, 0.15) is 5.82 Å². The number of hydrogen-bond donors (Lipinski definition) is 2. The van der Waals surface area contributed by atoms with Crippen LogP contribution >= 0.6 is 11.8 Å². The molecule has 0 fully saturated rings. The van der Waals surface area contributed by atoms with E-state index in [4.69, 9.17) is 11.8 Å². The first-order valence-corrected chi connectivity index (χ1v) is 2.62. The maximum absolute atomic E-state index is 10.4. The van der Waals surface area contributed by atoms with E-state index < -0.39 is 5.69 Å². The Balaban J connectivity index is 3.08. The van der Waals surface area contributed by atoms with Gasteiger partial charge in [-0.3, -0.25) is 9.82 Å². The van der Waals surface area contributed by atoms with Crippen molar-refractivity contribution in [2.24, 2.45) is 0 Å². The van der Waals surface area contributed by atoms with Crippen molar-refractivity contribution in [1.82, 2.24) is 9.97 Å². The van der Waals surface area contributed by atoms with E-state index >= 15 is 0 Å². The number of halogens is 1. The van der Waals surface area contributed by atoms with Gasteiger partial charge < -0.3 is 0 Å². The van der Waals surface area contributed by atoms with Gasteiger partial charge in [-0.05, 0) is 6.07 Å². The van der Waals surface area contributed by atoms with E-state index in [1.165, 1.54) is 6.20 Å². The van der Waals surface area contributed by atoms with Crippen LogP contribution in [-0.2, 0) is 0 Å². The van der Waals surface area contributed by atoms with E-state index in [2.05, 4.69) is 14.8 Å². The molecule has 48 valence electrons. The molecule has 0 saturated carbocycles. The second kappa shape index (κ2) is 2.50. The lowest BCUT2D eigenvalue weighted by atomic mass is 10.6. The number of anilines is 1. The average molecular weight is 146 g/mol. The van der Waals surface area contributed by atoms with Crippen molar-refractivity contribution in [1.29, 1.82) is 0 Å². The van der Waals surface area contributed by atoms with Crippen LogP contribution in [-0.4, -0.2) is 9.97 Å². The Morgan fingerprint density at radius 2 is 2.56 bits per heavy atom. The maximum Gasteiger partial charge on any atom is 0.346 e. The summed E-state index contributed by atoms with van der Waals surface area (Å²) in [5.74, 6) is 0.441. The summed E-state index contributed by atoms with van der Waals surface area (Å²) in [6.45, 7) is 0. The molecule has 0 atom stereocenters. The van der Waals surface area contributed by atoms with Gasteiger partial charge >= 0.3 is 5.69 Å². The molecule has 0 aliphatic heterocycles. The lowest BCUT2D eigenvalue weighted by Gasteiger charge is -1.91. The van der Waals surface area contributed by atoms with E-state index in [0.29, 0.717) is 5.82 Å². The van der Waals surface area contributed by atoms with Crippen LogP contribution in [0.5, 0.6) is 0 Å². The third kappa shape index (κ3) is 1.43. The summed E-state index contributed by atoms with van der Waals surface area (Å²) >= 11 is 5.15. The molecule has 0 aliphatic carbocycles. The first-order chi connectivity index (χ1) is 4.33. The zero-order valence-corrected chi connectivity index (χ0v) is 5.14. The molecule has 2 N–H and O–H groups in total. The molecule has 4 nitrogen and oxygen atoms in total. The Morgan fingerprint density at radius 1 is 1.78 bits per heavy atom. The Hall–Kier alpha value is -1.03. The highest BCUT2D eigenvalue weighted by molar-refractivity contribution is 6.23. The summed E-state index contributed by atoms with van der Waals surface area (Å²) < 4.78 is 0. The van der Waals surface area contributed by atoms with Gasteiger partial charge in [0.15, 0.2) is 0 Å². The quantitative estimate of drug-likeness (QED) is 0.560. The fraction of sp³-hybridized carbons (Fsp3) is 0. The first kappa shape index (κ1) is 6.10. The standard InChI is InChI=1S/C4H4ClN3O/c5-8-3-1-2-6-4(9)7-3/h1-2H,(H2,6,7,8,9). The lowest BCUT2D eigenvalue weighted by molar-refractivity contribution is 1.08. The number of hydrogen-bond acceptors (Lipinski definition) is 3. The molecule has 1 aromatic heterocycles. The molecule has 5 heteroatoms. The van der Waals surface area contributed by atoms with Gasteiger partial charge in [-0.15, -0.1) is 0 Å². The second-order valence-electron chi connectivity index (χ2n) is 1.38. The van der Waals surface area contributed by atoms with Crippen molar-refractivity contribution in [3.8, 4) is 0 Å². The van der Waals surface area contributed by atoms with E-state index in [9.17, 15) is 4.79 Å². The van der Waals surface area contributed by atoms with E-state index in [1.54, 1.807) is 6.07 Å². The molecule has 1 heterocycles. The Kier molecular flexibility index (Phi) is 1.69. The molecular weight excluding hydrogens is 142 g/mol. The van der Waals surface area contributed by atoms with Crippen molar-refractivity contribution >= 4 is 17.6 Å². The topological polar surface area (TPSA) is 57.8 Å². The smallest absolute Gasteiger partial charge is 0.291 e. The summed E-state index contributed by atoms with van der Waals surface area (Å²) in [6, 6.07) is 1.55. The van der Waals surface area contributed by atoms with Crippen LogP contribution < -0.4 is 10.5 Å². The van der Waals surface area contributed by atoms with E-state index in [0.717, 1.165) is 0 Å². The van der Waals surface area contributed by atoms with Gasteiger partial charge in [-0.2, -0.15) is 0 Å². The highest BCUT2D eigenvalue weighted by Gasteiger charge is 1.86. The third-order valence-electron chi connectivity index (χ3n) is 0.776. The fourth-order valence-electron chi connectivity index (χ4n) is 0.424. The average Bonchev–Trinajstić information content (AvgIpc) is 1.88. The van der Waals surface area contributed by atoms with Crippen molar-refractivity contribution in [3.63, 3.8) is 0 Å². The maximum atomic E-state index is 10.4. The number of aromatic amines is 1. The SMILES string of the molecule is O=c1nccc(NCl)[nH]1. The van der Waals surface area contributed by atoms with E-state index in [1.807, 2.05) is 0 Å². The molecule has 0 aromatic carbocycles. The lowest BCUT2D eigenvalue weighted by Crippen LogP contribution is -2.09. The van der Waals surface area contributed by atoms with Crippen LogP contribution in [0.4, 0.5) is 5.82 Å². The molecule has 0 unspecified atom stereocenters. The monoisotopic (exact) mass is 145 g/mol. The molecule has 0 radical (unpaired) electrons. The van der Waals surface area contributed by atoms with Gasteiger partial charge in [-0.1, -0.05) is 0 Å². The number of aromatic nitrogens is 2. The van der Waals surface area contributed by atoms with Crippen LogP contribution in [0.15, 0.2) is 17.1 Å². The zero-order valence-electron chi connectivity index (χ0n) is 4.39. The zero-order chi connectivity index (χ0) is 6.69. The predicted octanol–water partition coefficient (Wildman–Crippen LogP) is 0.336. The Bertz CT molecular complexity index is 246. The van der Waals surface area contributed by atoms with E-state index in [-0.39, 0.29) is 0 Å². The minimum absolute atomic E-state index is 0.416. The van der Waals surface area contributed by atoms with Crippen molar-refractivity contribution in [2.45, 2.75) is 0 Å². The summed E-state index contributed by atoms with van der Waals surface area (Å²) in [5, 5.41) is 0. The number of rotatable bonds is 1. The molecule has 1 aromatic rings. The Morgan fingerprint density at radius 3 is 3.00 bits per heavy atom. The third-order valence-corrected chi connectivity index (χ3v) is 0.980. The molecular formula is C4H4ClN3O. The molecule has 0 bridgehead atoms. The van der Waals surface area contributed by atoms with Crippen LogP contribution in [0.25, 0.3) is 0 Å². The summed E-state index contributed by atoms with van der Waals surface area (Å²) in [6.07, 6.45) is 1.36. The molecule has 0 aliphatic rings. The highest BCUT2D eigenvalue weighted by Crippen LogP contribution is 1.95. The van der Waals surface area contributed by atoms with Gasteiger partial charge in [0, 0.05) is 18.0 Å². The Labute approximate surface area is 56.0 Å². The molecule has 0 saturated heterocycles. The summed E-state index contributed by atoms with van der Waals surface area (Å²) in [5.41, 5.74) is -0.416. The molecule has 0 spiro atoms. The van der Waals surface area contributed by atoms with Crippen molar-refractivity contribution in [3.05, 3.63) is 22.7 Å². The normalized spacial score (nSPS) is 9.00. The molecule has 1 rings (SSSR count). The first-order valence-electron chi connectivity index (χ1n) is 2.25. The van der Waals surface area contributed by atoms with Crippen molar-refractivity contribution < 1.29 is 0 Å². The van der Waals surface area contributed by atoms with Crippen molar-refractivity contribution in [2.75, 3.05) is 4.84 Å². The van der Waals surface area contributed by atoms with Gasteiger partial charge in [-0.25, -0.2) is 9.78 Å². The minimum Gasteiger partial charge on any atom is -0.291 e. The minimum atomic E-state index is -0.416. The van der Waals surface area contributed by atoms with Gasteiger partial charge in [0.25, 0.3) is 0 Å². The van der Waals surface area contributed by atoms with Crippen LogP contribution in [0.2, 0.25) is 0 Å².